The lowest BCUT2D eigenvalue weighted by molar-refractivity contribution is -0.136. The first-order valence-electron chi connectivity index (χ1n) is 11.8. The maximum absolute atomic E-state index is 13.4. The molecule has 0 saturated carbocycles. The molecule has 2 heterocycles. The monoisotopic (exact) mass is 477 g/mol. The largest absolute Gasteiger partial charge is 0.497 e. The first kappa shape index (κ1) is 24.8. The van der Waals surface area contributed by atoms with Gasteiger partial charge in [-0.2, -0.15) is 0 Å². The average molecular weight is 478 g/mol. The quantitative estimate of drug-likeness (QED) is 0.440. The molecule has 7 heteroatoms. The van der Waals surface area contributed by atoms with E-state index in [1.807, 2.05) is 41.4 Å². The van der Waals surface area contributed by atoms with Crippen LogP contribution in [0.15, 0.2) is 72.9 Å². The molecule has 1 aromatic heterocycles. The van der Waals surface area contributed by atoms with Crippen LogP contribution in [0.25, 0.3) is 0 Å². The SMILES string of the molecule is COCC(=O)N(Cc1ccc(F)cc1)CC1CN(Cc2ccccn2)CC1c1ccc(OC)cc1. The molecule has 6 nitrogen and oxygen atoms in total. The molecule has 1 aliphatic heterocycles. The number of amides is 1. The van der Waals surface area contributed by atoms with Gasteiger partial charge >= 0.3 is 0 Å². The lowest BCUT2D eigenvalue weighted by atomic mass is 9.88. The Hall–Kier alpha value is -3.29. The summed E-state index contributed by atoms with van der Waals surface area (Å²) in [5.41, 5.74) is 3.14. The van der Waals surface area contributed by atoms with Crippen molar-refractivity contribution in [3.8, 4) is 5.75 Å². The van der Waals surface area contributed by atoms with Gasteiger partial charge in [-0.25, -0.2) is 4.39 Å². The Morgan fingerprint density at radius 3 is 2.49 bits per heavy atom. The normalized spacial score (nSPS) is 17.9. The molecule has 4 rings (SSSR count). The molecule has 0 bridgehead atoms. The van der Waals surface area contributed by atoms with Crippen LogP contribution in [-0.4, -0.2) is 61.2 Å². The van der Waals surface area contributed by atoms with Gasteiger partial charge in [0.25, 0.3) is 0 Å². The van der Waals surface area contributed by atoms with Crippen LogP contribution < -0.4 is 4.74 Å². The van der Waals surface area contributed by atoms with Crippen molar-refractivity contribution in [1.29, 1.82) is 0 Å². The number of halogens is 1. The first-order chi connectivity index (χ1) is 17.1. The third-order valence-electron chi connectivity index (χ3n) is 6.53. The zero-order valence-electron chi connectivity index (χ0n) is 20.3. The highest BCUT2D eigenvalue weighted by Crippen LogP contribution is 2.35. The number of carbonyl (C=O) groups excluding carboxylic acids is 1. The minimum absolute atomic E-state index is 0.0127. The van der Waals surface area contributed by atoms with E-state index in [9.17, 15) is 9.18 Å². The van der Waals surface area contributed by atoms with Crippen LogP contribution in [-0.2, 0) is 22.6 Å². The summed E-state index contributed by atoms with van der Waals surface area (Å²) in [5.74, 6) is 0.920. The molecular formula is C28H32FN3O3. The fourth-order valence-electron chi connectivity index (χ4n) is 4.79. The van der Waals surface area contributed by atoms with Crippen LogP contribution >= 0.6 is 0 Å². The predicted octanol–water partition coefficient (Wildman–Crippen LogP) is 4.12. The van der Waals surface area contributed by atoms with Crippen LogP contribution in [0.3, 0.4) is 0 Å². The highest BCUT2D eigenvalue weighted by atomic mass is 19.1. The van der Waals surface area contributed by atoms with Crippen LogP contribution in [0, 0.1) is 11.7 Å². The van der Waals surface area contributed by atoms with Gasteiger partial charge in [0.05, 0.1) is 12.8 Å². The number of rotatable bonds is 10. The summed E-state index contributed by atoms with van der Waals surface area (Å²) < 4.78 is 23.9. The third-order valence-corrected chi connectivity index (χ3v) is 6.53. The fourth-order valence-corrected chi connectivity index (χ4v) is 4.79. The smallest absolute Gasteiger partial charge is 0.248 e. The van der Waals surface area contributed by atoms with E-state index in [0.717, 1.165) is 36.6 Å². The Labute approximate surface area is 206 Å². The van der Waals surface area contributed by atoms with Crippen molar-refractivity contribution in [2.24, 2.45) is 5.92 Å². The zero-order valence-corrected chi connectivity index (χ0v) is 20.3. The van der Waals surface area contributed by atoms with E-state index in [0.29, 0.717) is 13.1 Å². The Morgan fingerprint density at radius 2 is 1.83 bits per heavy atom. The molecule has 1 aliphatic rings. The highest BCUT2D eigenvalue weighted by molar-refractivity contribution is 5.77. The Kier molecular flexibility index (Phi) is 8.45. The van der Waals surface area contributed by atoms with Gasteiger partial charge in [0.15, 0.2) is 0 Å². The number of hydrogen-bond donors (Lipinski definition) is 0. The van der Waals surface area contributed by atoms with Crippen molar-refractivity contribution >= 4 is 5.91 Å². The van der Waals surface area contributed by atoms with E-state index in [1.165, 1.54) is 24.8 Å². The lowest BCUT2D eigenvalue weighted by Gasteiger charge is -2.29. The molecule has 0 spiro atoms. The Bertz CT molecular complexity index is 1080. The molecule has 1 fully saturated rings. The van der Waals surface area contributed by atoms with Crippen molar-refractivity contribution < 1.29 is 18.7 Å². The van der Waals surface area contributed by atoms with Crippen LogP contribution in [0.4, 0.5) is 4.39 Å². The van der Waals surface area contributed by atoms with E-state index in [4.69, 9.17) is 9.47 Å². The second-order valence-corrected chi connectivity index (χ2v) is 8.99. The summed E-state index contributed by atoms with van der Waals surface area (Å²) in [6.45, 7) is 3.47. The molecule has 0 N–H and O–H groups in total. The second kappa shape index (κ2) is 11.9. The molecule has 1 amide bonds. The minimum atomic E-state index is -0.288. The number of carbonyl (C=O) groups is 1. The number of pyridine rings is 1. The average Bonchev–Trinajstić information content (AvgIpc) is 3.27. The van der Waals surface area contributed by atoms with E-state index < -0.39 is 0 Å². The van der Waals surface area contributed by atoms with Crippen molar-refractivity contribution in [3.63, 3.8) is 0 Å². The predicted molar refractivity (Wildman–Crippen MR) is 132 cm³/mol. The van der Waals surface area contributed by atoms with Crippen LogP contribution in [0.5, 0.6) is 5.75 Å². The van der Waals surface area contributed by atoms with Gasteiger partial charge in [0, 0.05) is 51.9 Å². The van der Waals surface area contributed by atoms with E-state index in [1.54, 1.807) is 19.2 Å². The lowest BCUT2D eigenvalue weighted by Crippen LogP contribution is -2.39. The summed E-state index contributed by atoms with van der Waals surface area (Å²) in [7, 11) is 3.19. The zero-order chi connectivity index (χ0) is 24.6. The molecule has 0 aliphatic carbocycles. The van der Waals surface area contributed by atoms with Crippen molar-refractivity contribution in [3.05, 3.63) is 95.6 Å². The number of hydrogen-bond acceptors (Lipinski definition) is 5. The van der Waals surface area contributed by atoms with E-state index in [-0.39, 0.29) is 30.2 Å². The molecule has 0 radical (unpaired) electrons. The van der Waals surface area contributed by atoms with Gasteiger partial charge in [-0.05, 0) is 53.4 Å². The number of aromatic nitrogens is 1. The number of likely N-dealkylation sites (tertiary alicyclic amines) is 1. The van der Waals surface area contributed by atoms with Crippen molar-refractivity contribution in [2.45, 2.75) is 19.0 Å². The topological polar surface area (TPSA) is 54.9 Å². The summed E-state index contributed by atoms with van der Waals surface area (Å²) >= 11 is 0. The fraction of sp³-hybridized carbons (Fsp3) is 0.357. The first-order valence-corrected chi connectivity index (χ1v) is 11.8. The summed E-state index contributed by atoms with van der Waals surface area (Å²) in [6, 6.07) is 20.5. The molecule has 2 aromatic carbocycles. The Balaban J connectivity index is 1.56. The number of ether oxygens (including phenoxy) is 2. The summed E-state index contributed by atoms with van der Waals surface area (Å²) in [4.78, 5) is 21.7. The van der Waals surface area contributed by atoms with Gasteiger partial charge in [-0.3, -0.25) is 14.7 Å². The molecule has 35 heavy (non-hydrogen) atoms. The van der Waals surface area contributed by atoms with Crippen molar-refractivity contribution in [2.75, 3.05) is 40.5 Å². The van der Waals surface area contributed by atoms with Gasteiger partial charge in [0.2, 0.25) is 5.91 Å². The van der Waals surface area contributed by atoms with Gasteiger partial charge in [-0.15, -0.1) is 0 Å². The summed E-state index contributed by atoms with van der Waals surface area (Å²) in [6.07, 6.45) is 1.82. The number of methoxy groups -OCH3 is 2. The van der Waals surface area contributed by atoms with E-state index >= 15 is 0 Å². The number of benzene rings is 2. The maximum atomic E-state index is 13.4. The molecular weight excluding hydrogens is 445 g/mol. The molecule has 184 valence electrons. The highest BCUT2D eigenvalue weighted by Gasteiger charge is 2.36. The van der Waals surface area contributed by atoms with Gasteiger partial charge in [0.1, 0.15) is 18.2 Å². The van der Waals surface area contributed by atoms with Crippen LogP contribution in [0.2, 0.25) is 0 Å². The van der Waals surface area contributed by atoms with Crippen molar-refractivity contribution in [1.82, 2.24) is 14.8 Å². The molecule has 2 atom stereocenters. The van der Waals surface area contributed by atoms with Gasteiger partial charge in [-0.1, -0.05) is 30.3 Å². The maximum Gasteiger partial charge on any atom is 0.248 e. The third kappa shape index (κ3) is 6.65. The van der Waals surface area contributed by atoms with Gasteiger partial charge < -0.3 is 14.4 Å². The van der Waals surface area contributed by atoms with E-state index in [2.05, 4.69) is 22.0 Å². The summed E-state index contributed by atoms with van der Waals surface area (Å²) in [5, 5.41) is 0. The number of nitrogens with zero attached hydrogens (tertiary/aromatic N) is 3. The minimum Gasteiger partial charge on any atom is -0.497 e. The molecule has 3 aromatic rings. The molecule has 2 unspecified atom stereocenters. The second-order valence-electron chi connectivity index (χ2n) is 8.99. The molecule has 1 saturated heterocycles. The standard InChI is InChI=1S/C28H32FN3O3/c1-34-20-28(33)32(15-21-6-10-24(29)11-7-21)17-23-16-31(18-25-5-3-4-14-30-25)19-27(23)22-8-12-26(35-2)13-9-22/h3-14,23,27H,15-20H2,1-2H3. The van der Waals surface area contributed by atoms with Crippen LogP contribution in [0.1, 0.15) is 22.7 Å². The Morgan fingerprint density at radius 1 is 1.06 bits per heavy atom.